The molecule has 0 aliphatic carbocycles. The first-order valence-corrected chi connectivity index (χ1v) is 8.93. The molecule has 6 nitrogen and oxygen atoms in total. The highest BCUT2D eigenvalue weighted by atomic mass is 35.5. The summed E-state index contributed by atoms with van der Waals surface area (Å²) in [7, 11) is 0. The molecule has 1 amide bonds. The number of carbonyl (C=O) groups excluding carboxylic acids is 1. The molecule has 2 N–H and O–H groups in total. The SMILES string of the molecule is CC(N)C1CCCCN1C(=O)CCn1cnc2sccc2c1=O.Cl. The van der Waals surface area contributed by atoms with Gasteiger partial charge in [-0.3, -0.25) is 14.2 Å². The summed E-state index contributed by atoms with van der Waals surface area (Å²) in [6.07, 6.45) is 4.95. The molecule has 132 valence electrons. The highest BCUT2D eigenvalue weighted by Crippen LogP contribution is 2.20. The smallest absolute Gasteiger partial charge is 0.262 e. The maximum atomic E-state index is 12.5. The van der Waals surface area contributed by atoms with Crippen molar-refractivity contribution in [2.45, 2.75) is 51.2 Å². The number of carbonyl (C=O) groups is 1. The first-order valence-electron chi connectivity index (χ1n) is 8.05. The summed E-state index contributed by atoms with van der Waals surface area (Å²) in [5.74, 6) is 0.0734. The number of likely N-dealkylation sites (tertiary alicyclic amines) is 1. The van der Waals surface area contributed by atoms with Crippen molar-refractivity contribution < 1.29 is 4.79 Å². The van der Waals surface area contributed by atoms with Gasteiger partial charge >= 0.3 is 0 Å². The summed E-state index contributed by atoms with van der Waals surface area (Å²) < 4.78 is 1.53. The van der Waals surface area contributed by atoms with E-state index in [0.29, 0.717) is 18.4 Å². The number of nitrogens with two attached hydrogens (primary N) is 1. The van der Waals surface area contributed by atoms with Crippen LogP contribution in [-0.2, 0) is 11.3 Å². The van der Waals surface area contributed by atoms with Gasteiger partial charge in [0.25, 0.3) is 5.56 Å². The first-order chi connectivity index (χ1) is 11.1. The lowest BCUT2D eigenvalue weighted by Crippen LogP contribution is -2.51. The van der Waals surface area contributed by atoms with Crippen molar-refractivity contribution in [3.05, 3.63) is 28.1 Å². The van der Waals surface area contributed by atoms with Crippen molar-refractivity contribution in [2.24, 2.45) is 5.73 Å². The van der Waals surface area contributed by atoms with Gasteiger partial charge in [0.2, 0.25) is 5.91 Å². The molecule has 1 fully saturated rings. The maximum absolute atomic E-state index is 12.5. The summed E-state index contributed by atoms with van der Waals surface area (Å²) >= 11 is 1.45. The van der Waals surface area contributed by atoms with Crippen LogP contribution in [0.1, 0.15) is 32.6 Å². The van der Waals surface area contributed by atoms with Gasteiger partial charge in [0.05, 0.1) is 11.7 Å². The van der Waals surface area contributed by atoms with Crippen LogP contribution in [0.5, 0.6) is 0 Å². The molecule has 8 heteroatoms. The zero-order valence-electron chi connectivity index (χ0n) is 13.7. The number of fused-ring (bicyclic) bond motifs is 1. The van der Waals surface area contributed by atoms with Crippen molar-refractivity contribution in [1.82, 2.24) is 14.5 Å². The lowest BCUT2D eigenvalue weighted by Gasteiger charge is -2.38. The Balaban J connectivity index is 0.00000208. The highest BCUT2D eigenvalue weighted by Gasteiger charge is 2.28. The van der Waals surface area contributed by atoms with Crippen molar-refractivity contribution in [2.75, 3.05) is 6.54 Å². The third-order valence-electron chi connectivity index (χ3n) is 4.49. The molecular weight excluding hydrogens is 348 g/mol. The van der Waals surface area contributed by atoms with E-state index in [1.165, 1.54) is 22.2 Å². The lowest BCUT2D eigenvalue weighted by molar-refractivity contribution is -0.135. The number of nitrogens with zero attached hydrogens (tertiary/aromatic N) is 3. The fourth-order valence-electron chi connectivity index (χ4n) is 3.23. The van der Waals surface area contributed by atoms with Crippen molar-refractivity contribution in [3.63, 3.8) is 0 Å². The number of hydrogen-bond donors (Lipinski definition) is 1. The Kier molecular flexibility index (Phi) is 6.37. The normalized spacial score (nSPS) is 19.1. The molecule has 2 atom stereocenters. The van der Waals surface area contributed by atoms with Crippen LogP contribution in [0.25, 0.3) is 10.2 Å². The molecule has 3 heterocycles. The molecule has 1 aliphatic heterocycles. The molecule has 1 saturated heterocycles. The number of amides is 1. The topological polar surface area (TPSA) is 81.2 Å². The van der Waals surface area contributed by atoms with Gasteiger partial charge < -0.3 is 10.6 Å². The molecule has 0 bridgehead atoms. The van der Waals surface area contributed by atoms with E-state index in [4.69, 9.17) is 5.73 Å². The van der Waals surface area contributed by atoms with E-state index in [1.54, 1.807) is 6.07 Å². The number of hydrogen-bond acceptors (Lipinski definition) is 5. The number of aromatic nitrogens is 2. The van der Waals surface area contributed by atoms with Crippen molar-refractivity contribution in [1.29, 1.82) is 0 Å². The Bertz CT molecular complexity index is 758. The Hall–Kier alpha value is -1.44. The van der Waals surface area contributed by atoms with Gasteiger partial charge in [-0.15, -0.1) is 23.7 Å². The fraction of sp³-hybridized carbons (Fsp3) is 0.562. The number of aryl methyl sites for hydroxylation is 1. The average Bonchev–Trinajstić information content (AvgIpc) is 3.03. The van der Waals surface area contributed by atoms with Gasteiger partial charge in [-0.2, -0.15) is 0 Å². The Morgan fingerprint density at radius 3 is 3.04 bits per heavy atom. The maximum Gasteiger partial charge on any atom is 0.262 e. The van der Waals surface area contributed by atoms with Crippen molar-refractivity contribution >= 4 is 39.9 Å². The van der Waals surface area contributed by atoms with Crippen LogP contribution in [0.2, 0.25) is 0 Å². The van der Waals surface area contributed by atoms with Gasteiger partial charge in [0.15, 0.2) is 0 Å². The second-order valence-corrected chi connectivity index (χ2v) is 7.04. The molecule has 2 unspecified atom stereocenters. The average molecular weight is 371 g/mol. The molecule has 0 aromatic carbocycles. The van der Waals surface area contributed by atoms with Crippen LogP contribution in [0, 0.1) is 0 Å². The van der Waals surface area contributed by atoms with Gasteiger partial charge in [-0.25, -0.2) is 4.98 Å². The highest BCUT2D eigenvalue weighted by molar-refractivity contribution is 7.16. The standard InChI is InChI=1S/C16H22N4O2S.ClH/c1-11(17)13-4-2-3-7-20(13)14(21)5-8-19-10-18-15-12(16(19)22)6-9-23-15;/h6,9-11,13H,2-5,7-8,17H2,1H3;1H. The first kappa shape index (κ1) is 18.9. The lowest BCUT2D eigenvalue weighted by atomic mass is 9.96. The molecular formula is C16H23ClN4O2S. The number of piperidine rings is 1. The summed E-state index contributed by atoms with van der Waals surface area (Å²) in [5.41, 5.74) is 5.94. The Morgan fingerprint density at radius 1 is 1.50 bits per heavy atom. The van der Waals surface area contributed by atoms with Gasteiger partial charge in [-0.05, 0) is 37.6 Å². The molecule has 1 aliphatic rings. The van der Waals surface area contributed by atoms with Gasteiger partial charge in [-0.1, -0.05) is 0 Å². The van der Waals surface area contributed by atoms with Crippen molar-refractivity contribution in [3.8, 4) is 0 Å². The minimum Gasteiger partial charge on any atom is -0.338 e. The monoisotopic (exact) mass is 370 g/mol. The van der Waals surface area contributed by atoms with E-state index >= 15 is 0 Å². The van der Waals surface area contributed by atoms with E-state index < -0.39 is 0 Å². The minimum absolute atomic E-state index is 0. The third-order valence-corrected chi connectivity index (χ3v) is 5.31. The molecule has 24 heavy (non-hydrogen) atoms. The minimum atomic E-state index is -0.0774. The molecule has 0 radical (unpaired) electrons. The van der Waals surface area contributed by atoms with Crippen LogP contribution in [0.15, 0.2) is 22.6 Å². The number of rotatable bonds is 4. The summed E-state index contributed by atoms with van der Waals surface area (Å²) in [4.78, 5) is 31.8. The van der Waals surface area contributed by atoms with E-state index in [-0.39, 0.29) is 36.0 Å². The van der Waals surface area contributed by atoms with Gasteiger partial charge in [0.1, 0.15) is 4.83 Å². The van der Waals surface area contributed by atoms with E-state index in [1.807, 2.05) is 17.2 Å². The zero-order valence-corrected chi connectivity index (χ0v) is 15.3. The van der Waals surface area contributed by atoms with E-state index in [0.717, 1.165) is 30.6 Å². The molecule has 3 rings (SSSR count). The zero-order chi connectivity index (χ0) is 16.4. The predicted molar refractivity (Wildman–Crippen MR) is 98.7 cm³/mol. The quantitative estimate of drug-likeness (QED) is 0.892. The van der Waals surface area contributed by atoms with E-state index in [9.17, 15) is 9.59 Å². The molecule has 0 saturated carbocycles. The van der Waals surface area contributed by atoms with E-state index in [2.05, 4.69) is 4.98 Å². The second-order valence-electron chi connectivity index (χ2n) is 6.14. The number of thiophene rings is 1. The van der Waals surface area contributed by atoms with Crippen LogP contribution < -0.4 is 11.3 Å². The molecule has 2 aromatic rings. The summed E-state index contributed by atoms with van der Waals surface area (Å²) in [6.45, 7) is 3.08. The van der Waals surface area contributed by atoms with Crippen LogP contribution in [-0.4, -0.2) is 39.0 Å². The van der Waals surface area contributed by atoms with Crippen LogP contribution in [0.4, 0.5) is 0 Å². The van der Waals surface area contributed by atoms with Gasteiger partial charge in [0, 0.05) is 31.6 Å². The Morgan fingerprint density at radius 2 is 2.29 bits per heavy atom. The molecule has 2 aromatic heterocycles. The van der Waals surface area contributed by atoms with Crippen LogP contribution >= 0.6 is 23.7 Å². The third kappa shape index (κ3) is 3.79. The summed E-state index contributed by atoms with van der Waals surface area (Å²) in [6, 6.07) is 1.88. The Labute approximate surface area is 151 Å². The largest absolute Gasteiger partial charge is 0.338 e. The van der Waals surface area contributed by atoms with Crippen LogP contribution in [0.3, 0.4) is 0 Å². The molecule has 0 spiro atoms. The fourth-order valence-corrected chi connectivity index (χ4v) is 3.95. The predicted octanol–water partition coefficient (Wildman–Crippen LogP) is 2.00. The number of halogens is 1. The summed E-state index contributed by atoms with van der Waals surface area (Å²) in [5, 5.41) is 2.48. The second kappa shape index (κ2) is 8.09.